The second kappa shape index (κ2) is 9.69. The number of nitrogens with one attached hydrogen (secondary N) is 1. The molecule has 0 radical (unpaired) electrons. The predicted octanol–water partition coefficient (Wildman–Crippen LogP) is 4.23. The Hall–Kier alpha value is -3.96. The lowest BCUT2D eigenvalue weighted by Gasteiger charge is -2.09. The van der Waals surface area contributed by atoms with E-state index in [-0.39, 0.29) is 12.5 Å². The van der Waals surface area contributed by atoms with E-state index >= 15 is 0 Å². The summed E-state index contributed by atoms with van der Waals surface area (Å²) < 4.78 is 5.24. The van der Waals surface area contributed by atoms with E-state index in [9.17, 15) is 4.79 Å². The van der Waals surface area contributed by atoms with E-state index in [1.165, 1.54) is 0 Å². The summed E-state index contributed by atoms with van der Waals surface area (Å²) in [5.41, 5.74) is 3.08. The molecule has 4 aromatic rings. The Labute approximate surface area is 183 Å². The van der Waals surface area contributed by atoms with Gasteiger partial charge in [0.2, 0.25) is 11.7 Å². The molecule has 1 amide bonds. The zero-order valence-electron chi connectivity index (χ0n) is 16.4. The number of carbonyl (C=O) groups is 1. The van der Waals surface area contributed by atoms with Gasteiger partial charge in [0.15, 0.2) is 0 Å². The van der Waals surface area contributed by atoms with Gasteiger partial charge in [0.05, 0.1) is 23.7 Å². The Morgan fingerprint density at radius 2 is 1.84 bits per heavy atom. The first-order chi connectivity index (χ1) is 15.2. The summed E-state index contributed by atoms with van der Waals surface area (Å²) in [6, 6.07) is 20.5. The van der Waals surface area contributed by atoms with Gasteiger partial charge in [-0.2, -0.15) is 10.2 Å². The third-order valence-corrected chi connectivity index (χ3v) is 5.56. The molecule has 1 N–H and O–H groups in total. The topological polar surface area (TPSA) is 105 Å². The van der Waals surface area contributed by atoms with E-state index in [2.05, 4.69) is 26.5 Å². The van der Waals surface area contributed by atoms with Crippen LogP contribution in [0.1, 0.15) is 27.4 Å². The lowest BCUT2D eigenvalue weighted by Crippen LogP contribution is -2.23. The highest BCUT2D eigenvalue weighted by Gasteiger charge is 2.14. The molecular weight excluding hydrogens is 410 g/mol. The first kappa shape index (κ1) is 20.3. The average Bonchev–Trinajstić information content (AvgIpc) is 3.31. The number of amides is 1. The van der Waals surface area contributed by atoms with E-state index in [4.69, 9.17) is 9.78 Å². The Morgan fingerprint density at radius 3 is 2.61 bits per heavy atom. The smallest absolute Gasteiger partial charge is 0.252 e. The molecule has 0 spiro atoms. The van der Waals surface area contributed by atoms with E-state index in [1.54, 1.807) is 54.5 Å². The average molecular weight is 427 g/mol. The van der Waals surface area contributed by atoms with Crippen LogP contribution in [-0.2, 0) is 12.3 Å². The monoisotopic (exact) mass is 427 g/mol. The Morgan fingerprint density at radius 1 is 1.06 bits per heavy atom. The fourth-order valence-corrected chi connectivity index (χ4v) is 3.82. The van der Waals surface area contributed by atoms with Crippen LogP contribution in [0.5, 0.6) is 0 Å². The fraction of sp³-hybridized carbons (Fsp3) is 0.0870. The summed E-state index contributed by atoms with van der Waals surface area (Å²) in [6.45, 7) is 0.130. The molecule has 0 atom stereocenters. The van der Waals surface area contributed by atoms with Gasteiger partial charge >= 0.3 is 0 Å². The third kappa shape index (κ3) is 5.15. The fourth-order valence-electron chi connectivity index (χ4n) is 2.81. The number of rotatable bonds is 7. The molecule has 8 heteroatoms. The molecule has 0 fully saturated rings. The van der Waals surface area contributed by atoms with Crippen molar-refractivity contribution >= 4 is 17.7 Å². The maximum Gasteiger partial charge on any atom is 0.252 e. The van der Waals surface area contributed by atoms with Crippen LogP contribution in [0.3, 0.4) is 0 Å². The third-order valence-electron chi connectivity index (χ3n) is 4.42. The first-order valence-corrected chi connectivity index (χ1v) is 10.4. The van der Waals surface area contributed by atoms with Gasteiger partial charge in [-0.05, 0) is 42.0 Å². The van der Waals surface area contributed by atoms with Crippen molar-refractivity contribution in [3.05, 3.63) is 95.6 Å². The zero-order valence-corrected chi connectivity index (χ0v) is 17.2. The molecule has 0 bridgehead atoms. The van der Waals surface area contributed by atoms with Crippen LogP contribution in [0.4, 0.5) is 0 Å². The molecule has 0 saturated carbocycles. The standard InChI is InChI=1S/C23H17N5O2S/c24-13-16-5-7-17(8-6-16)15-31-20-4-2-1-3-19(20)23(29)26-14-21-27-22(28-30-21)18-9-11-25-12-10-18/h1-12H,14-15H2,(H,26,29). The Bertz CT molecular complexity index is 1220. The summed E-state index contributed by atoms with van der Waals surface area (Å²) in [7, 11) is 0. The van der Waals surface area contributed by atoms with Crippen LogP contribution >= 0.6 is 11.8 Å². The number of benzene rings is 2. The number of nitriles is 1. The lowest BCUT2D eigenvalue weighted by molar-refractivity contribution is 0.0943. The van der Waals surface area contributed by atoms with Crippen LogP contribution in [0.2, 0.25) is 0 Å². The second-order valence-electron chi connectivity index (χ2n) is 6.52. The summed E-state index contributed by atoms with van der Waals surface area (Å²) in [5.74, 6) is 1.24. The molecule has 4 rings (SSSR count). The van der Waals surface area contributed by atoms with E-state index in [0.717, 1.165) is 16.0 Å². The van der Waals surface area contributed by atoms with Crippen molar-refractivity contribution in [1.82, 2.24) is 20.4 Å². The van der Waals surface area contributed by atoms with Gasteiger partial charge in [-0.3, -0.25) is 9.78 Å². The number of nitrogens with zero attached hydrogens (tertiary/aromatic N) is 4. The molecule has 2 aromatic heterocycles. The normalized spacial score (nSPS) is 10.4. The Balaban J connectivity index is 1.39. The quantitative estimate of drug-likeness (QED) is 0.440. The summed E-state index contributed by atoms with van der Waals surface area (Å²) in [6.07, 6.45) is 3.30. The van der Waals surface area contributed by atoms with E-state index in [1.807, 2.05) is 30.3 Å². The van der Waals surface area contributed by atoms with Crippen molar-refractivity contribution < 1.29 is 9.32 Å². The maximum absolute atomic E-state index is 12.8. The number of pyridine rings is 1. The summed E-state index contributed by atoms with van der Waals surface area (Å²) in [4.78, 5) is 21.9. The maximum atomic E-state index is 12.8. The van der Waals surface area contributed by atoms with Gasteiger partial charge in [-0.1, -0.05) is 29.4 Å². The zero-order chi connectivity index (χ0) is 21.5. The molecule has 7 nitrogen and oxygen atoms in total. The van der Waals surface area contributed by atoms with Crippen LogP contribution in [0.25, 0.3) is 11.4 Å². The molecule has 0 unspecified atom stereocenters. The number of carbonyl (C=O) groups excluding carboxylic acids is 1. The molecule has 152 valence electrons. The molecule has 2 heterocycles. The van der Waals surface area contributed by atoms with Gasteiger partial charge in [0, 0.05) is 28.6 Å². The molecule has 2 aromatic carbocycles. The number of thioether (sulfide) groups is 1. The molecule has 0 aliphatic heterocycles. The van der Waals surface area contributed by atoms with Gasteiger partial charge in [-0.15, -0.1) is 11.8 Å². The van der Waals surface area contributed by atoms with Gasteiger partial charge in [0.25, 0.3) is 5.91 Å². The molecule has 0 aliphatic rings. The van der Waals surface area contributed by atoms with Crippen LogP contribution in [0.15, 0.2) is 82.5 Å². The highest BCUT2D eigenvalue weighted by molar-refractivity contribution is 7.98. The van der Waals surface area contributed by atoms with Crippen molar-refractivity contribution in [2.45, 2.75) is 17.2 Å². The minimum Gasteiger partial charge on any atom is -0.343 e. The molecule has 31 heavy (non-hydrogen) atoms. The minimum atomic E-state index is -0.216. The highest BCUT2D eigenvalue weighted by Crippen LogP contribution is 2.26. The Kier molecular flexibility index (Phi) is 6.35. The van der Waals surface area contributed by atoms with E-state index in [0.29, 0.717) is 28.6 Å². The van der Waals surface area contributed by atoms with Crippen LogP contribution in [-0.4, -0.2) is 21.0 Å². The van der Waals surface area contributed by atoms with Gasteiger partial charge in [0.1, 0.15) is 0 Å². The van der Waals surface area contributed by atoms with E-state index < -0.39 is 0 Å². The van der Waals surface area contributed by atoms with Crippen molar-refractivity contribution in [3.8, 4) is 17.5 Å². The van der Waals surface area contributed by atoms with Gasteiger partial charge < -0.3 is 9.84 Å². The van der Waals surface area contributed by atoms with Crippen LogP contribution < -0.4 is 5.32 Å². The lowest BCUT2D eigenvalue weighted by atomic mass is 10.2. The molecular formula is C23H17N5O2S. The molecule has 0 aliphatic carbocycles. The number of hydrogen-bond acceptors (Lipinski definition) is 7. The van der Waals surface area contributed by atoms with Crippen molar-refractivity contribution in [2.75, 3.05) is 0 Å². The largest absolute Gasteiger partial charge is 0.343 e. The minimum absolute atomic E-state index is 0.130. The number of hydrogen-bond donors (Lipinski definition) is 1. The SMILES string of the molecule is N#Cc1ccc(CSc2ccccc2C(=O)NCc2nc(-c3ccncc3)no2)cc1. The predicted molar refractivity (Wildman–Crippen MR) is 116 cm³/mol. The second-order valence-corrected chi connectivity index (χ2v) is 7.54. The first-order valence-electron chi connectivity index (χ1n) is 9.45. The summed E-state index contributed by atoms with van der Waals surface area (Å²) >= 11 is 1.56. The highest BCUT2D eigenvalue weighted by atomic mass is 32.2. The molecule has 0 saturated heterocycles. The van der Waals surface area contributed by atoms with Crippen molar-refractivity contribution in [2.24, 2.45) is 0 Å². The number of aromatic nitrogens is 3. The van der Waals surface area contributed by atoms with Crippen molar-refractivity contribution in [1.29, 1.82) is 5.26 Å². The van der Waals surface area contributed by atoms with Gasteiger partial charge in [-0.25, -0.2) is 0 Å². The van der Waals surface area contributed by atoms with Crippen LogP contribution in [0, 0.1) is 11.3 Å². The summed E-state index contributed by atoms with van der Waals surface area (Å²) in [5, 5.41) is 15.7. The van der Waals surface area contributed by atoms with Crippen molar-refractivity contribution in [3.63, 3.8) is 0 Å².